The Kier molecular flexibility index (Phi) is 9.11. The number of carbonyl (C=O) groups is 3. The van der Waals surface area contributed by atoms with Crippen molar-refractivity contribution in [2.75, 3.05) is 6.61 Å². The second-order valence-electron chi connectivity index (χ2n) is 10.7. The van der Waals surface area contributed by atoms with Crippen molar-refractivity contribution in [3.8, 4) is 0 Å². The Labute approximate surface area is 245 Å². The number of rotatable bonds is 8. The number of carboxylic acid groups (broad SMARTS) is 1. The van der Waals surface area contributed by atoms with Gasteiger partial charge in [0.05, 0.1) is 29.6 Å². The molecule has 2 aromatic carbocycles. The summed E-state index contributed by atoms with van der Waals surface area (Å²) < 4.78 is 28.8. The number of fused-ring (bicyclic) bond motifs is 1. The maximum atomic E-state index is 13.2. The number of esters is 2. The minimum atomic E-state index is -1.76. The number of carboxylic acids is 1. The topological polar surface area (TPSA) is 199 Å². The molecule has 11 atom stereocenters. The van der Waals surface area contributed by atoms with Crippen LogP contribution < -0.4 is 0 Å². The highest BCUT2D eigenvalue weighted by atomic mass is 16.8. The molecule has 5 N–H and O–H groups in total. The first-order valence-corrected chi connectivity index (χ1v) is 13.7. The number of hydrogen-bond acceptors (Lipinski definition) is 12. The molecule has 0 spiro atoms. The van der Waals surface area contributed by atoms with Crippen LogP contribution in [0.3, 0.4) is 0 Å². The first-order valence-electron chi connectivity index (χ1n) is 13.7. The van der Waals surface area contributed by atoms with Crippen molar-refractivity contribution < 1.29 is 63.6 Å². The lowest BCUT2D eigenvalue weighted by molar-refractivity contribution is -0.342. The van der Waals surface area contributed by atoms with Crippen molar-refractivity contribution in [3.05, 3.63) is 83.6 Å². The second-order valence-corrected chi connectivity index (χ2v) is 10.7. The molecule has 2 aromatic rings. The number of ether oxygens (including phenoxy) is 5. The van der Waals surface area contributed by atoms with Gasteiger partial charge in [-0.15, -0.1) is 0 Å². The summed E-state index contributed by atoms with van der Waals surface area (Å²) in [5.74, 6) is -5.68. The fourth-order valence-corrected chi connectivity index (χ4v) is 5.85. The zero-order valence-corrected chi connectivity index (χ0v) is 22.9. The van der Waals surface area contributed by atoms with E-state index in [2.05, 4.69) is 0 Å². The molecule has 11 unspecified atom stereocenters. The molecule has 13 heteroatoms. The van der Waals surface area contributed by atoms with Crippen LogP contribution in [0.4, 0.5) is 0 Å². The van der Waals surface area contributed by atoms with Gasteiger partial charge in [0.25, 0.3) is 0 Å². The maximum Gasteiger partial charge on any atom is 0.338 e. The molecule has 230 valence electrons. The van der Waals surface area contributed by atoms with Gasteiger partial charge in [0.15, 0.2) is 6.29 Å². The summed E-state index contributed by atoms with van der Waals surface area (Å²) in [5, 5.41) is 50.6. The zero-order valence-electron chi connectivity index (χ0n) is 22.9. The molecule has 2 heterocycles. The molecular weight excluding hydrogens is 568 g/mol. The molecule has 1 aliphatic carbocycles. The summed E-state index contributed by atoms with van der Waals surface area (Å²) in [6, 6.07) is 16.1. The largest absolute Gasteiger partial charge is 0.478 e. The van der Waals surface area contributed by atoms with E-state index in [0.29, 0.717) is 0 Å². The van der Waals surface area contributed by atoms with Crippen LogP contribution in [0, 0.1) is 17.8 Å². The first-order chi connectivity index (χ1) is 20.6. The van der Waals surface area contributed by atoms with E-state index in [1.807, 2.05) is 0 Å². The summed E-state index contributed by atoms with van der Waals surface area (Å²) in [4.78, 5) is 38.8. The normalized spacial score (nSPS) is 35.2. The lowest BCUT2D eigenvalue weighted by atomic mass is 9.82. The number of hydrogen-bond donors (Lipinski definition) is 5. The SMILES string of the molecule is CC1C(OC(=O)c2ccccc2)C(OC(=O)c2ccccc2)C2C(C(=O)O)=COC(OC3OC(CO)C(O)C(O)C3O)C12. The predicted molar refractivity (Wildman–Crippen MR) is 143 cm³/mol. The van der Waals surface area contributed by atoms with Crippen molar-refractivity contribution >= 4 is 17.9 Å². The third-order valence-corrected chi connectivity index (χ3v) is 8.09. The summed E-state index contributed by atoms with van der Waals surface area (Å²) >= 11 is 0. The Hall–Kier alpha value is -3.85. The minimum Gasteiger partial charge on any atom is -0.478 e. The Morgan fingerprint density at radius 2 is 1.35 bits per heavy atom. The Morgan fingerprint density at radius 3 is 1.88 bits per heavy atom. The van der Waals surface area contributed by atoms with Gasteiger partial charge in [0.2, 0.25) is 6.29 Å². The molecule has 1 saturated carbocycles. The van der Waals surface area contributed by atoms with Crippen LogP contribution in [0.25, 0.3) is 0 Å². The summed E-state index contributed by atoms with van der Waals surface area (Å²) in [6.45, 7) is 0.950. The highest BCUT2D eigenvalue weighted by Gasteiger charge is 2.61. The van der Waals surface area contributed by atoms with Gasteiger partial charge in [-0.05, 0) is 24.3 Å². The Bertz CT molecular complexity index is 1330. The van der Waals surface area contributed by atoms with Gasteiger partial charge >= 0.3 is 17.9 Å². The maximum absolute atomic E-state index is 13.2. The average molecular weight is 601 g/mol. The van der Waals surface area contributed by atoms with Crippen molar-refractivity contribution in [1.82, 2.24) is 0 Å². The van der Waals surface area contributed by atoms with Gasteiger partial charge in [0, 0.05) is 17.8 Å². The van der Waals surface area contributed by atoms with Gasteiger partial charge in [-0.1, -0.05) is 43.3 Å². The fraction of sp³-hybridized carbons (Fsp3) is 0.433. The molecule has 0 aromatic heterocycles. The van der Waals surface area contributed by atoms with E-state index in [4.69, 9.17) is 23.7 Å². The van der Waals surface area contributed by atoms with Crippen molar-refractivity contribution in [2.24, 2.45) is 17.8 Å². The third kappa shape index (κ3) is 6.00. The van der Waals surface area contributed by atoms with E-state index in [0.717, 1.165) is 6.26 Å². The molecule has 2 aliphatic heterocycles. The van der Waals surface area contributed by atoms with E-state index in [-0.39, 0.29) is 16.7 Å². The lowest BCUT2D eigenvalue weighted by Gasteiger charge is -2.43. The van der Waals surface area contributed by atoms with E-state index < -0.39 is 91.5 Å². The molecule has 13 nitrogen and oxygen atoms in total. The monoisotopic (exact) mass is 600 g/mol. The number of aliphatic carboxylic acids is 1. The minimum absolute atomic E-state index is 0.189. The van der Waals surface area contributed by atoms with Crippen LogP contribution >= 0.6 is 0 Å². The van der Waals surface area contributed by atoms with Crippen LogP contribution in [0.15, 0.2) is 72.5 Å². The number of benzene rings is 2. The lowest BCUT2D eigenvalue weighted by Crippen LogP contribution is -2.60. The van der Waals surface area contributed by atoms with Crippen LogP contribution in [0.1, 0.15) is 27.6 Å². The average Bonchev–Trinajstić information content (AvgIpc) is 3.28. The van der Waals surface area contributed by atoms with Crippen molar-refractivity contribution in [1.29, 1.82) is 0 Å². The number of aliphatic hydroxyl groups is 4. The van der Waals surface area contributed by atoms with Gasteiger partial charge in [-0.3, -0.25) is 0 Å². The standard InChI is InChI=1S/C30H32O13/c1-14-19-20(17(26(35)36)13-39-29(19)43-30-23(34)22(33)21(32)18(12-31)40-30)25(42-28(38)16-10-6-3-7-11-16)24(14)41-27(37)15-8-4-2-5-9-15/h2-11,13-14,18-25,29-34H,12H2,1H3,(H,35,36). The molecular formula is C30H32O13. The van der Waals surface area contributed by atoms with Crippen LogP contribution in [0.2, 0.25) is 0 Å². The smallest absolute Gasteiger partial charge is 0.338 e. The highest BCUT2D eigenvalue weighted by Crippen LogP contribution is 2.50. The third-order valence-electron chi connectivity index (χ3n) is 8.09. The first kappa shape index (κ1) is 30.6. The quantitative estimate of drug-likeness (QED) is 0.262. The highest BCUT2D eigenvalue weighted by molar-refractivity contribution is 5.91. The van der Waals surface area contributed by atoms with E-state index in [9.17, 15) is 39.9 Å². The molecule has 1 saturated heterocycles. The van der Waals surface area contributed by atoms with Gasteiger partial charge in [0.1, 0.15) is 36.6 Å². The van der Waals surface area contributed by atoms with Crippen molar-refractivity contribution in [2.45, 2.75) is 56.1 Å². The predicted octanol–water partition coefficient (Wildman–Crippen LogP) is 0.461. The zero-order chi connectivity index (χ0) is 30.8. The van der Waals surface area contributed by atoms with E-state index in [1.165, 1.54) is 24.3 Å². The Morgan fingerprint density at radius 1 is 0.791 bits per heavy atom. The molecule has 3 aliphatic rings. The van der Waals surface area contributed by atoms with Crippen molar-refractivity contribution in [3.63, 3.8) is 0 Å². The van der Waals surface area contributed by atoms with Gasteiger partial charge in [-0.2, -0.15) is 0 Å². The molecule has 0 radical (unpaired) electrons. The molecule has 2 fully saturated rings. The fourth-order valence-electron chi connectivity index (χ4n) is 5.85. The van der Waals surface area contributed by atoms with E-state index in [1.54, 1.807) is 43.3 Å². The molecule has 43 heavy (non-hydrogen) atoms. The second kappa shape index (κ2) is 12.8. The van der Waals surface area contributed by atoms with Crippen LogP contribution in [0.5, 0.6) is 0 Å². The molecule has 0 amide bonds. The summed E-state index contributed by atoms with van der Waals surface area (Å²) in [7, 11) is 0. The van der Waals surface area contributed by atoms with E-state index >= 15 is 0 Å². The van der Waals surface area contributed by atoms with Crippen LogP contribution in [-0.4, -0.2) is 99.3 Å². The van der Waals surface area contributed by atoms with Crippen LogP contribution in [-0.2, 0) is 28.5 Å². The number of carbonyl (C=O) groups excluding carboxylic acids is 2. The number of aliphatic hydroxyl groups excluding tert-OH is 4. The Balaban J connectivity index is 1.49. The summed E-state index contributed by atoms with van der Waals surface area (Å²) in [5.41, 5.74) is 0.139. The van der Waals surface area contributed by atoms with Gasteiger partial charge in [-0.25, -0.2) is 14.4 Å². The molecule has 0 bridgehead atoms. The molecule has 5 rings (SSSR count). The van der Waals surface area contributed by atoms with Gasteiger partial charge < -0.3 is 49.2 Å². The summed E-state index contributed by atoms with van der Waals surface area (Å²) in [6.07, 6.45) is -10.9.